The van der Waals surface area contributed by atoms with E-state index in [1.807, 2.05) is 30.3 Å². The van der Waals surface area contributed by atoms with Gasteiger partial charge in [-0.1, -0.05) is 36.4 Å². The van der Waals surface area contributed by atoms with Gasteiger partial charge in [-0.05, 0) is 29.8 Å². The van der Waals surface area contributed by atoms with Crippen molar-refractivity contribution in [1.82, 2.24) is 20.2 Å². The Balaban J connectivity index is 1.08. The second kappa shape index (κ2) is 12.8. The molecule has 1 atom stereocenters. The zero-order valence-corrected chi connectivity index (χ0v) is 24.3. The topological polar surface area (TPSA) is 140 Å². The van der Waals surface area contributed by atoms with Crippen LogP contribution in [-0.2, 0) is 15.7 Å². The third-order valence-electron chi connectivity index (χ3n) is 6.60. The Kier molecular flexibility index (Phi) is 8.94. The molecular weight excluding hydrogens is 563 g/mol. The zero-order chi connectivity index (χ0) is 28.8. The van der Waals surface area contributed by atoms with E-state index in [1.54, 1.807) is 30.3 Å². The first-order chi connectivity index (χ1) is 19.8. The molecule has 1 fully saturated rings. The van der Waals surface area contributed by atoms with Gasteiger partial charge in [-0.25, -0.2) is 14.5 Å². The van der Waals surface area contributed by atoms with Gasteiger partial charge >= 0.3 is 7.60 Å². The molecule has 2 amide bonds. The van der Waals surface area contributed by atoms with Gasteiger partial charge in [0.25, 0.3) is 11.8 Å². The highest BCUT2D eigenvalue weighted by Gasteiger charge is 2.22. The Labute approximate surface area is 241 Å². The number of rotatable bonds is 11. The lowest BCUT2D eigenvalue weighted by atomic mass is 10.2. The molecule has 1 aliphatic rings. The van der Waals surface area contributed by atoms with E-state index in [0.717, 1.165) is 47.8 Å². The summed E-state index contributed by atoms with van der Waals surface area (Å²) in [7, 11) is -3.38. The first-order valence-electron chi connectivity index (χ1n) is 13.1. The SMILES string of the molecule is CP(=O)(OCc1ccccc1)Oc1cccc(C(=O)NCCN2CCN(c3ncnc4cc(C(N)=O)sc34)CC2)c1. The molecule has 2 aromatic carbocycles. The van der Waals surface area contributed by atoms with Crippen molar-refractivity contribution in [3.8, 4) is 5.75 Å². The fraction of sp³-hybridized carbons (Fsp3) is 0.286. The summed E-state index contributed by atoms with van der Waals surface area (Å²) in [6, 6.07) is 17.7. The molecule has 0 radical (unpaired) electrons. The van der Waals surface area contributed by atoms with Crippen molar-refractivity contribution in [2.24, 2.45) is 5.73 Å². The van der Waals surface area contributed by atoms with Gasteiger partial charge in [-0.15, -0.1) is 11.3 Å². The summed E-state index contributed by atoms with van der Waals surface area (Å²) >= 11 is 1.31. The molecule has 0 saturated carbocycles. The molecule has 13 heteroatoms. The van der Waals surface area contributed by atoms with E-state index in [1.165, 1.54) is 24.3 Å². The zero-order valence-electron chi connectivity index (χ0n) is 22.6. The minimum Gasteiger partial charge on any atom is -0.425 e. The lowest BCUT2D eigenvalue weighted by Gasteiger charge is -2.35. The van der Waals surface area contributed by atoms with E-state index in [0.29, 0.717) is 29.3 Å². The quantitative estimate of drug-likeness (QED) is 0.249. The summed E-state index contributed by atoms with van der Waals surface area (Å²) in [4.78, 5) is 38.0. The average Bonchev–Trinajstić information content (AvgIpc) is 3.42. The average molecular weight is 595 g/mol. The first-order valence-corrected chi connectivity index (χ1v) is 15.9. The van der Waals surface area contributed by atoms with Gasteiger partial charge in [-0.2, -0.15) is 0 Å². The van der Waals surface area contributed by atoms with Crippen LogP contribution in [0.1, 0.15) is 25.6 Å². The van der Waals surface area contributed by atoms with Crippen LogP contribution in [0.5, 0.6) is 5.75 Å². The molecule has 0 bridgehead atoms. The molecule has 1 saturated heterocycles. The van der Waals surface area contributed by atoms with Crippen molar-refractivity contribution >= 4 is 46.8 Å². The van der Waals surface area contributed by atoms with E-state index in [-0.39, 0.29) is 12.5 Å². The molecule has 41 heavy (non-hydrogen) atoms. The summed E-state index contributed by atoms with van der Waals surface area (Å²) in [5.41, 5.74) is 7.46. The van der Waals surface area contributed by atoms with Crippen molar-refractivity contribution in [3.63, 3.8) is 0 Å². The maximum absolute atomic E-state index is 12.8. The molecule has 1 unspecified atom stereocenters. The van der Waals surface area contributed by atoms with E-state index in [4.69, 9.17) is 14.8 Å². The summed E-state index contributed by atoms with van der Waals surface area (Å²) in [6.45, 7) is 5.85. The summed E-state index contributed by atoms with van der Waals surface area (Å²) in [5.74, 6) is 0.407. The number of nitrogens with one attached hydrogen (secondary N) is 1. The van der Waals surface area contributed by atoms with E-state index < -0.39 is 13.5 Å². The number of fused-ring (bicyclic) bond motifs is 1. The van der Waals surface area contributed by atoms with Gasteiger partial charge in [0, 0.05) is 51.5 Å². The third kappa shape index (κ3) is 7.47. The molecule has 0 aliphatic carbocycles. The molecule has 1 aliphatic heterocycles. The van der Waals surface area contributed by atoms with E-state index in [9.17, 15) is 14.2 Å². The lowest BCUT2D eigenvalue weighted by Crippen LogP contribution is -2.48. The van der Waals surface area contributed by atoms with Crippen molar-refractivity contribution in [1.29, 1.82) is 0 Å². The van der Waals surface area contributed by atoms with Crippen LogP contribution in [0.4, 0.5) is 5.82 Å². The standard InChI is InChI=1S/C28H31N6O5PS/c1-40(37,38-18-20-6-3-2-4-7-20)39-22-9-5-8-21(16-22)28(36)30-10-11-33-12-14-34(15-13-33)27-25-23(31-19-32-27)17-24(41-25)26(29)35/h2-9,16-17,19H,10-15,18H2,1H3,(H2,29,35)(H,30,36). The summed E-state index contributed by atoms with van der Waals surface area (Å²) < 4.78 is 24.8. The van der Waals surface area contributed by atoms with E-state index in [2.05, 4.69) is 25.1 Å². The molecule has 214 valence electrons. The fourth-order valence-electron chi connectivity index (χ4n) is 4.48. The van der Waals surface area contributed by atoms with Crippen LogP contribution in [0.2, 0.25) is 0 Å². The van der Waals surface area contributed by atoms with Gasteiger partial charge in [0.1, 0.15) is 17.9 Å². The number of amides is 2. The number of hydrogen-bond donors (Lipinski definition) is 2. The Morgan fingerprint density at radius 3 is 2.59 bits per heavy atom. The minimum absolute atomic E-state index is 0.163. The Morgan fingerprint density at radius 2 is 1.83 bits per heavy atom. The molecular formula is C28H31N6O5PS. The maximum atomic E-state index is 12.8. The number of primary amides is 1. The van der Waals surface area contributed by atoms with Crippen LogP contribution in [0, 0.1) is 0 Å². The number of nitrogens with two attached hydrogens (primary N) is 1. The van der Waals surface area contributed by atoms with Crippen molar-refractivity contribution in [3.05, 3.63) is 83.0 Å². The fourth-order valence-corrected chi connectivity index (χ4v) is 6.39. The Morgan fingerprint density at radius 1 is 1.05 bits per heavy atom. The van der Waals surface area contributed by atoms with Crippen LogP contribution >= 0.6 is 18.9 Å². The van der Waals surface area contributed by atoms with Gasteiger partial charge in [-0.3, -0.25) is 19.0 Å². The normalized spacial score (nSPS) is 15.4. The highest BCUT2D eigenvalue weighted by Crippen LogP contribution is 2.45. The molecule has 3 heterocycles. The predicted octanol–water partition coefficient (Wildman–Crippen LogP) is 3.76. The second-order valence-electron chi connectivity index (χ2n) is 9.62. The number of piperazine rings is 1. The lowest BCUT2D eigenvalue weighted by molar-refractivity contribution is 0.0946. The van der Waals surface area contributed by atoms with Crippen LogP contribution in [0.25, 0.3) is 10.2 Å². The number of nitrogens with zero attached hydrogens (tertiary/aromatic N) is 4. The highest BCUT2D eigenvalue weighted by molar-refractivity contribution is 7.53. The number of carbonyl (C=O) groups is 2. The van der Waals surface area contributed by atoms with Crippen molar-refractivity contribution < 1.29 is 23.2 Å². The molecule has 4 aromatic rings. The summed E-state index contributed by atoms with van der Waals surface area (Å²) in [6.07, 6.45) is 1.51. The smallest absolute Gasteiger partial charge is 0.376 e. The Bertz CT molecular complexity index is 1570. The maximum Gasteiger partial charge on any atom is 0.376 e. The van der Waals surface area contributed by atoms with Crippen molar-refractivity contribution in [2.75, 3.05) is 50.8 Å². The van der Waals surface area contributed by atoms with Crippen molar-refractivity contribution in [2.45, 2.75) is 6.61 Å². The molecule has 0 spiro atoms. The van der Waals surface area contributed by atoms with Crippen LogP contribution < -0.4 is 20.5 Å². The van der Waals surface area contributed by atoms with E-state index >= 15 is 0 Å². The molecule has 5 rings (SSSR count). The number of thiophene rings is 1. The highest BCUT2D eigenvalue weighted by atomic mass is 32.1. The number of hydrogen-bond acceptors (Lipinski definition) is 10. The van der Waals surface area contributed by atoms with Crippen LogP contribution in [0.15, 0.2) is 67.0 Å². The van der Waals surface area contributed by atoms with Crippen LogP contribution in [-0.4, -0.2) is 72.6 Å². The third-order valence-corrected chi connectivity index (χ3v) is 8.87. The second-order valence-corrected chi connectivity index (χ2v) is 12.7. The summed E-state index contributed by atoms with van der Waals surface area (Å²) in [5, 5.41) is 2.95. The van der Waals surface area contributed by atoms with Gasteiger partial charge in [0.2, 0.25) is 0 Å². The monoisotopic (exact) mass is 594 g/mol. The largest absolute Gasteiger partial charge is 0.425 e. The van der Waals surface area contributed by atoms with Gasteiger partial charge in [0.05, 0.1) is 21.7 Å². The number of benzene rings is 2. The molecule has 2 aromatic heterocycles. The predicted molar refractivity (Wildman–Crippen MR) is 159 cm³/mol. The molecule has 11 nitrogen and oxygen atoms in total. The Hall–Kier alpha value is -3.83. The number of anilines is 1. The minimum atomic E-state index is -3.38. The van der Waals surface area contributed by atoms with Gasteiger partial charge in [0.15, 0.2) is 0 Å². The first kappa shape index (κ1) is 28.7. The number of aromatic nitrogens is 2. The number of carbonyl (C=O) groups excluding carboxylic acids is 2. The van der Waals surface area contributed by atoms with Gasteiger partial charge < -0.3 is 20.5 Å². The molecule has 3 N–H and O–H groups in total. The van der Waals surface area contributed by atoms with Crippen LogP contribution in [0.3, 0.4) is 0 Å².